The van der Waals surface area contributed by atoms with E-state index in [1.165, 1.54) is 0 Å². The molecule has 1 saturated heterocycles. The van der Waals surface area contributed by atoms with E-state index in [2.05, 4.69) is 17.1 Å². The van der Waals surface area contributed by atoms with E-state index in [-0.39, 0.29) is 12.3 Å². The Hall–Kier alpha value is -1.08. The first-order valence-corrected chi connectivity index (χ1v) is 5.62. The Labute approximate surface area is 91.2 Å². The third-order valence-corrected chi connectivity index (χ3v) is 2.98. The average Bonchev–Trinajstić information content (AvgIpc) is 2.27. The first-order chi connectivity index (χ1) is 7.26. The fraction of sp³-hybridized carbons (Fsp3) is 0.818. The van der Waals surface area contributed by atoms with Crippen LogP contribution < -0.4 is 5.32 Å². The molecule has 0 bridgehead atoms. The fourth-order valence-electron chi connectivity index (χ4n) is 1.90. The zero-order chi connectivity index (χ0) is 11.1. The summed E-state index contributed by atoms with van der Waals surface area (Å²) in [5.41, 5.74) is 0. The first-order valence-electron chi connectivity index (χ1n) is 5.62. The average molecular weight is 209 g/mol. The number of likely N-dealkylation sites (tertiary alicyclic amines) is 1. The smallest absolute Gasteiger partial charge is 0.234 e. The lowest BCUT2D eigenvalue weighted by atomic mass is 9.97. The third kappa shape index (κ3) is 4.30. The topological polar surface area (TPSA) is 56.1 Å². The number of nitrogens with zero attached hydrogens (tertiary/aromatic N) is 2. The fourth-order valence-corrected chi connectivity index (χ4v) is 1.90. The Morgan fingerprint density at radius 3 is 2.73 bits per heavy atom. The van der Waals surface area contributed by atoms with Gasteiger partial charge in [-0.2, -0.15) is 5.26 Å². The van der Waals surface area contributed by atoms with Gasteiger partial charge in [-0.15, -0.1) is 0 Å². The highest BCUT2D eigenvalue weighted by atomic mass is 16.1. The second-order valence-corrected chi connectivity index (χ2v) is 4.02. The molecule has 0 aromatic heterocycles. The number of carbonyl (C=O) groups is 1. The minimum absolute atomic E-state index is 0.0200. The molecule has 1 aliphatic rings. The van der Waals surface area contributed by atoms with Crippen LogP contribution in [-0.4, -0.2) is 37.0 Å². The Balaban J connectivity index is 2.14. The van der Waals surface area contributed by atoms with Crippen LogP contribution in [0.2, 0.25) is 0 Å². The Morgan fingerprint density at radius 1 is 1.53 bits per heavy atom. The van der Waals surface area contributed by atoms with Crippen molar-refractivity contribution in [2.24, 2.45) is 5.92 Å². The van der Waals surface area contributed by atoms with Gasteiger partial charge < -0.3 is 10.2 Å². The molecule has 84 valence electrons. The summed E-state index contributed by atoms with van der Waals surface area (Å²) in [5, 5.41) is 11.1. The molecule has 0 spiro atoms. The summed E-state index contributed by atoms with van der Waals surface area (Å²) < 4.78 is 0. The monoisotopic (exact) mass is 209 g/mol. The third-order valence-electron chi connectivity index (χ3n) is 2.98. The van der Waals surface area contributed by atoms with E-state index in [4.69, 9.17) is 5.26 Å². The van der Waals surface area contributed by atoms with Crippen LogP contribution in [0.1, 0.15) is 26.2 Å². The Kier molecular flexibility index (Phi) is 5.13. The van der Waals surface area contributed by atoms with Crippen molar-refractivity contribution in [1.29, 1.82) is 5.26 Å². The van der Waals surface area contributed by atoms with Crippen molar-refractivity contribution in [2.75, 3.05) is 26.2 Å². The number of rotatable bonds is 4. The summed E-state index contributed by atoms with van der Waals surface area (Å²) >= 11 is 0. The summed E-state index contributed by atoms with van der Waals surface area (Å²) in [6.45, 7) is 6.30. The highest BCUT2D eigenvalue weighted by molar-refractivity contribution is 5.77. The standard InChI is InChI=1S/C11H19N3O/c1-2-14-7-4-10(5-8-14)9-13-11(15)3-6-12/h10H,2-5,7-9H2,1H3,(H,13,15). The van der Waals surface area contributed by atoms with Gasteiger partial charge in [-0.25, -0.2) is 0 Å². The molecule has 4 nitrogen and oxygen atoms in total. The normalized spacial score (nSPS) is 18.4. The number of nitrogens with one attached hydrogen (secondary N) is 1. The molecular formula is C11H19N3O. The summed E-state index contributed by atoms with van der Waals surface area (Å²) in [5.74, 6) is 0.450. The van der Waals surface area contributed by atoms with E-state index in [9.17, 15) is 4.79 Å². The number of nitriles is 1. The number of hydrogen-bond acceptors (Lipinski definition) is 3. The highest BCUT2D eigenvalue weighted by Crippen LogP contribution is 2.15. The molecule has 4 heteroatoms. The predicted molar refractivity (Wildman–Crippen MR) is 58.1 cm³/mol. The van der Waals surface area contributed by atoms with Crippen molar-refractivity contribution in [3.63, 3.8) is 0 Å². The summed E-state index contributed by atoms with van der Waals surface area (Å²) in [6.07, 6.45) is 2.29. The van der Waals surface area contributed by atoms with Gasteiger partial charge in [0.05, 0.1) is 6.07 Å². The first kappa shape index (κ1) is 12.0. The van der Waals surface area contributed by atoms with Crippen LogP contribution in [-0.2, 0) is 4.79 Å². The number of hydrogen-bond donors (Lipinski definition) is 1. The number of amides is 1. The molecule has 1 fully saturated rings. The van der Waals surface area contributed by atoms with E-state index in [0.717, 1.165) is 39.0 Å². The summed E-state index contributed by atoms with van der Waals surface area (Å²) in [6, 6.07) is 1.85. The molecule has 15 heavy (non-hydrogen) atoms. The van der Waals surface area contributed by atoms with Crippen LogP contribution >= 0.6 is 0 Å². The Bertz CT molecular complexity index is 239. The van der Waals surface area contributed by atoms with Gasteiger partial charge >= 0.3 is 0 Å². The predicted octanol–water partition coefficient (Wildman–Crippen LogP) is 0.748. The minimum atomic E-state index is -0.143. The lowest BCUT2D eigenvalue weighted by Crippen LogP contribution is -2.38. The lowest BCUT2D eigenvalue weighted by molar-refractivity contribution is -0.120. The number of carbonyl (C=O) groups excluding carboxylic acids is 1. The van der Waals surface area contributed by atoms with E-state index >= 15 is 0 Å². The van der Waals surface area contributed by atoms with E-state index in [1.54, 1.807) is 0 Å². The van der Waals surface area contributed by atoms with Gasteiger partial charge in [0.1, 0.15) is 6.42 Å². The van der Waals surface area contributed by atoms with E-state index in [1.807, 2.05) is 6.07 Å². The molecule has 0 saturated carbocycles. The lowest BCUT2D eigenvalue weighted by Gasteiger charge is -2.30. The van der Waals surface area contributed by atoms with Crippen molar-refractivity contribution in [3.8, 4) is 6.07 Å². The highest BCUT2D eigenvalue weighted by Gasteiger charge is 2.18. The molecule has 0 aliphatic carbocycles. The van der Waals surface area contributed by atoms with Gasteiger partial charge in [0.25, 0.3) is 0 Å². The summed E-state index contributed by atoms with van der Waals surface area (Å²) in [4.78, 5) is 13.5. The SMILES string of the molecule is CCN1CCC(CNC(=O)CC#N)CC1. The molecule has 1 amide bonds. The van der Waals surface area contributed by atoms with Gasteiger partial charge in [-0.3, -0.25) is 4.79 Å². The van der Waals surface area contributed by atoms with Crippen LogP contribution in [0.4, 0.5) is 0 Å². The minimum Gasteiger partial charge on any atom is -0.355 e. The van der Waals surface area contributed by atoms with Crippen molar-refractivity contribution in [2.45, 2.75) is 26.2 Å². The van der Waals surface area contributed by atoms with E-state index in [0.29, 0.717) is 5.92 Å². The quantitative estimate of drug-likeness (QED) is 0.743. The maximum Gasteiger partial charge on any atom is 0.234 e. The maximum atomic E-state index is 11.1. The molecule has 0 radical (unpaired) electrons. The molecule has 0 aromatic rings. The van der Waals surface area contributed by atoms with Crippen LogP contribution in [0.5, 0.6) is 0 Å². The van der Waals surface area contributed by atoms with Crippen LogP contribution in [0, 0.1) is 17.2 Å². The van der Waals surface area contributed by atoms with Gasteiger partial charge in [0.15, 0.2) is 0 Å². The molecule has 0 aromatic carbocycles. The van der Waals surface area contributed by atoms with Crippen molar-refractivity contribution in [1.82, 2.24) is 10.2 Å². The second kappa shape index (κ2) is 6.41. The Morgan fingerprint density at radius 2 is 2.20 bits per heavy atom. The van der Waals surface area contributed by atoms with Gasteiger partial charge in [-0.05, 0) is 38.4 Å². The molecule has 1 rings (SSSR count). The molecule has 1 N–H and O–H groups in total. The van der Waals surface area contributed by atoms with Gasteiger partial charge in [0.2, 0.25) is 5.91 Å². The molecular weight excluding hydrogens is 190 g/mol. The van der Waals surface area contributed by atoms with Gasteiger partial charge in [0, 0.05) is 6.54 Å². The zero-order valence-corrected chi connectivity index (χ0v) is 9.33. The molecule has 0 unspecified atom stereocenters. The molecule has 1 aliphatic heterocycles. The van der Waals surface area contributed by atoms with Crippen LogP contribution in [0.25, 0.3) is 0 Å². The zero-order valence-electron chi connectivity index (χ0n) is 9.33. The largest absolute Gasteiger partial charge is 0.355 e. The molecule has 0 atom stereocenters. The van der Waals surface area contributed by atoms with Crippen molar-refractivity contribution < 1.29 is 4.79 Å². The number of piperidine rings is 1. The van der Waals surface area contributed by atoms with Gasteiger partial charge in [-0.1, -0.05) is 6.92 Å². The van der Waals surface area contributed by atoms with Crippen molar-refractivity contribution >= 4 is 5.91 Å². The van der Waals surface area contributed by atoms with E-state index < -0.39 is 0 Å². The second-order valence-electron chi connectivity index (χ2n) is 4.02. The van der Waals surface area contributed by atoms with Crippen LogP contribution in [0.3, 0.4) is 0 Å². The van der Waals surface area contributed by atoms with Crippen molar-refractivity contribution in [3.05, 3.63) is 0 Å². The molecule has 1 heterocycles. The maximum absolute atomic E-state index is 11.1. The summed E-state index contributed by atoms with van der Waals surface area (Å²) in [7, 11) is 0. The van der Waals surface area contributed by atoms with Crippen LogP contribution in [0.15, 0.2) is 0 Å².